The second-order valence-corrected chi connectivity index (χ2v) is 5.35. The van der Waals surface area contributed by atoms with Gasteiger partial charge in [0.1, 0.15) is 11.3 Å². The number of hydrogen-bond donors (Lipinski definition) is 1. The molecule has 1 aromatic heterocycles. The highest BCUT2D eigenvalue weighted by Gasteiger charge is 2.17. The van der Waals surface area contributed by atoms with E-state index in [0.29, 0.717) is 12.3 Å². The lowest BCUT2D eigenvalue weighted by atomic mass is 10.0. The van der Waals surface area contributed by atoms with Gasteiger partial charge in [-0.3, -0.25) is 0 Å². The molecule has 21 heavy (non-hydrogen) atoms. The number of oxazole rings is 1. The van der Waals surface area contributed by atoms with E-state index in [4.69, 9.17) is 14.9 Å². The number of nitrogens with two attached hydrogens (primary N) is 1. The van der Waals surface area contributed by atoms with Crippen molar-refractivity contribution in [1.82, 2.24) is 4.98 Å². The molecule has 2 N–H and O–H groups in total. The topological polar surface area (TPSA) is 61.3 Å². The minimum Gasteiger partial charge on any atom is -0.493 e. The summed E-state index contributed by atoms with van der Waals surface area (Å²) >= 11 is 0. The van der Waals surface area contributed by atoms with Crippen LogP contribution in [0.1, 0.15) is 23.1 Å². The molecule has 0 spiro atoms. The Balaban J connectivity index is 1.58. The summed E-state index contributed by atoms with van der Waals surface area (Å²) in [4.78, 5) is 4.48. The molecule has 0 saturated carbocycles. The number of benzene rings is 2. The van der Waals surface area contributed by atoms with Crippen LogP contribution in [0.5, 0.6) is 5.75 Å². The molecule has 0 bridgehead atoms. The first-order chi connectivity index (χ1) is 10.3. The molecule has 2 heterocycles. The van der Waals surface area contributed by atoms with Crippen molar-refractivity contribution >= 4 is 11.1 Å². The van der Waals surface area contributed by atoms with E-state index in [0.717, 1.165) is 35.4 Å². The minimum absolute atomic E-state index is 0.121. The molecular weight excluding hydrogens is 264 g/mol. The maximum atomic E-state index is 6.30. The number of rotatable bonds is 3. The highest BCUT2D eigenvalue weighted by Crippen LogP contribution is 2.28. The Hall–Kier alpha value is -2.33. The smallest absolute Gasteiger partial charge is 0.197 e. The molecular formula is C17H16N2O2. The second-order valence-electron chi connectivity index (χ2n) is 5.35. The lowest BCUT2D eigenvalue weighted by Crippen LogP contribution is -2.13. The summed E-state index contributed by atoms with van der Waals surface area (Å²) in [6, 6.07) is 13.8. The average Bonchev–Trinajstić information content (AvgIpc) is 3.11. The molecule has 1 unspecified atom stereocenters. The Kier molecular flexibility index (Phi) is 2.89. The molecule has 3 aromatic rings. The predicted octanol–water partition coefficient (Wildman–Crippen LogP) is 3.01. The molecule has 4 nitrogen and oxygen atoms in total. The van der Waals surface area contributed by atoms with Gasteiger partial charge in [0.15, 0.2) is 11.5 Å². The van der Waals surface area contributed by atoms with Crippen molar-refractivity contribution in [1.29, 1.82) is 0 Å². The van der Waals surface area contributed by atoms with Crippen molar-refractivity contribution in [2.75, 3.05) is 6.61 Å². The van der Waals surface area contributed by atoms with Gasteiger partial charge in [-0.15, -0.1) is 0 Å². The van der Waals surface area contributed by atoms with Crippen LogP contribution in [0.15, 0.2) is 46.9 Å². The number of nitrogens with zero attached hydrogens (tertiary/aromatic N) is 1. The van der Waals surface area contributed by atoms with Crippen LogP contribution in [0.3, 0.4) is 0 Å². The highest BCUT2D eigenvalue weighted by molar-refractivity contribution is 5.72. The number of ether oxygens (including phenoxy) is 1. The molecule has 2 aromatic carbocycles. The van der Waals surface area contributed by atoms with Crippen molar-refractivity contribution in [2.24, 2.45) is 5.73 Å². The fourth-order valence-electron chi connectivity index (χ4n) is 2.75. The van der Waals surface area contributed by atoms with E-state index < -0.39 is 0 Å². The largest absolute Gasteiger partial charge is 0.493 e. The third-order valence-corrected chi connectivity index (χ3v) is 3.87. The molecule has 1 aliphatic heterocycles. The maximum Gasteiger partial charge on any atom is 0.197 e. The van der Waals surface area contributed by atoms with Gasteiger partial charge in [-0.25, -0.2) is 4.98 Å². The molecule has 4 rings (SSSR count). The summed E-state index contributed by atoms with van der Waals surface area (Å²) in [5.74, 6) is 1.66. The van der Waals surface area contributed by atoms with Gasteiger partial charge in [-0.2, -0.15) is 0 Å². The number of fused-ring (bicyclic) bond motifs is 2. The van der Waals surface area contributed by atoms with Crippen molar-refractivity contribution in [3.8, 4) is 5.75 Å². The van der Waals surface area contributed by atoms with Gasteiger partial charge in [-0.1, -0.05) is 24.3 Å². The lowest BCUT2D eigenvalue weighted by molar-refractivity contribution is 0.357. The fourth-order valence-corrected chi connectivity index (χ4v) is 2.75. The van der Waals surface area contributed by atoms with E-state index in [9.17, 15) is 0 Å². The summed E-state index contributed by atoms with van der Waals surface area (Å²) in [6.45, 7) is 0.763. The van der Waals surface area contributed by atoms with Crippen LogP contribution in [0.2, 0.25) is 0 Å². The van der Waals surface area contributed by atoms with Crippen molar-refractivity contribution in [3.63, 3.8) is 0 Å². The van der Waals surface area contributed by atoms with Crippen LogP contribution >= 0.6 is 0 Å². The first kappa shape index (κ1) is 12.4. The normalized spacial score (nSPS) is 14.9. The van der Waals surface area contributed by atoms with Gasteiger partial charge in [0.05, 0.1) is 6.61 Å². The molecule has 0 saturated heterocycles. The first-order valence-electron chi connectivity index (χ1n) is 7.15. The molecule has 1 atom stereocenters. The Morgan fingerprint density at radius 3 is 3.00 bits per heavy atom. The van der Waals surface area contributed by atoms with Crippen LogP contribution in [0, 0.1) is 0 Å². The number of hydrogen-bond acceptors (Lipinski definition) is 4. The zero-order valence-electron chi connectivity index (χ0n) is 11.6. The molecule has 4 heteroatoms. The van der Waals surface area contributed by atoms with Crippen LogP contribution in [-0.2, 0) is 12.8 Å². The molecule has 0 amide bonds. The SMILES string of the molecule is NC(Cc1nc2ccccc2o1)c1ccc2c(c1)CCO2. The van der Waals surface area contributed by atoms with Crippen LogP contribution < -0.4 is 10.5 Å². The van der Waals surface area contributed by atoms with Crippen LogP contribution in [0.25, 0.3) is 11.1 Å². The van der Waals surface area contributed by atoms with E-state index >= 15 is 0 Å². The second kappa shape index (κ2) is 4.90. The van der Waals surface area contributed by atoms with Gasteiger partial charge in [-0.05, 0) is 29.3 Å². The zero-order chi connectivity index (χ0) is 14.2. The van der Waals surface area contributed by atoms with Crippen molar-refractivity contribution < 1.29 is 9.15 Å². The quantitative estimate of drug-likeness (QED) is 0.801. The van der Waals surface area contributed by atoms with E-state index in [1.165, 1.54) is 5.56 Å². The molecule has 0 radical (unpaired) electrons. The van der Waals surface area contributed by atoms with Gasteiger partial charge in [0, 0.05) is 18.9 Å². The number of para-hydroxylation sites is 2. The summed E-state index contributed by atoms with van der Waals surface area (Å²) in [5.41, 5.74) is 10.3. The highest BCUT2D eigenvalue weighted by atomic mass is 16.5. The predicted molar refractivity (Wildman–Crippen MR) is 80.3 cm³/mol. The average molecular weight is 280 g/mol. The molecule has 106 valence electrons. The molecule has 0 aliphatic carbocycles. The van der Waals surface area contributed by atoms with Gasteiger partial charge in [0.25, 0.3) is 0 Å². The molecule has 0 fully saturated rings. The standard InChI is InChI=1S/C17H16N2O2/c18-13(11-5-6-15-12(9-11)7-8-20-15)10-17-19-14-3-1-2-4-16(14)21-17/h1-6,9,13H,7-8,10,18H2. The Morgan fingerprint density at radius 2 is 2.10 bits per heavy atom. The maximum absolute atomic E-state index is 6.30. The van der Waals surface area contributed by atoms with Crippen LogP contribution in [0.4, 0.5) is 0 Å². The minimum atomic E-state index is -0.121. The van der Waals surface area contributed by atoms with Crippen molar-refractivity contribution in [3.05, 3.63) is 59.5 Å². The Bertz CT molecular complexity index is 761. The summed E-state index contributed by atoms with van der Waals surface area (Å²) < 4.78 is 11.3. The van der Waals surface area contributed by atoms with E-state index in [-0.39, 0.29) is 6.04 Å². The third kappa shape index (κ3) is 2.28. The van der Waals surface area contributed by atoms with Gasteiger partial charge < -0.3 is 14.9 Å². The third-order valence-electron chi connectivity index (χ3n) is 3.87. The summed E-state index contributed by atoms with van der Waals surface area (Å²) in [7, 11) is 0. The van der Waals surface area contributed by atoms with Crippen molar-refractivity contribution in [2.45, 2.75) is 18.9 Å². The zero-order valence-corrected chi connectivity index (χ0v) is 11.6. The Morgan fingerprint density at radius 1 is 1.19 bits per heavy atom. The first-order valence-corrected chi connectivity index (χ1v) is 7.15. The Labute approximate surface area is 122 Å². The summed E-state index contributed by atoms with van der Waals surface area (Å²) in [5, 5.41) is 0. The van der Waals surface area contributed by atoms with Gasteiger partial charge in [0.2, 0.25) is 0 Å². The van der Waals surface area contributed by atoms with Gasteiger partial charge >= 0.3 is 0 Å². The van der Waals surface area contributed by atoms with E-state index in [2.05, 4.69) is 11.1 Å². The number of aromatic nitrogens is 1. The lowest BCUT2D eigenvalue weighted by Gasteiger charge is -2.11. The molecule has 1 aliphatic rings. The van der Waals surface area contributed by atoms with Crippen LogP contribution in [-0.4, -0.2) is 11.6 Å². The summed E-state index contributed by atoms with van der Waals surface area (Å²) in [6.07, 6.45) is 1.55. The fraction of sp³-hybridized carbons (Fsp3) is 0.235. The van der Waals surface area contributed by atoms with E-state index in [1.54, 1.807) is 0 Å². The monoisotopic (exact) mass is 280 g/mol. The van der Waals surface area contributed by atoms with E-state index in [1.807, 2.05) is 36.4 Å².